The van der Waals surface area contributed by atoms with E-state index < -0.39 is 10.9 Å². The molecule has 0 atom stereocenters. The van der Waals surface area contributed by atoms with E-state index in [-0.39, 0.29) is 10.9 Å². The molecule has 0 saturated heterocycles. The highest BCUT2D eigenvalue weighted by Gasteiger charge is 2.27. The van der Waals surface area contributed by atoms with Gasteiger partial charge in [-0.25, -0.2) is 4.79 Å². The predicted octanol–water partition coefficient (Wildman–Crippen LogP) is 3.12. The second kappa shape index (κ2) is 6.51. The molecule has 0 aliphatic carbocycles. The number of methoxy groups -OCH3 is 1. The molecule has 0 bridgehead atoms. The lowest BCUT2D eigenvalue weighted by atomic mass is 10.0. The van der Waals surface area contributed by atoms with E-state index in [0.29, 0.717) is 30.0 Å². The first-order valence-electron chi connectivity index (χ1n) is 8.23. The highest BCUT2D eigenvalue weighted by atomic mass is 32.1. The minimum Gasteiger partial charge on any atom is -0.465 e. The van der Waals surface area contributed by atoms with Gasteiger partial charge >= 0.3 is 11.0 Å². The lowest BCUT2D eigenvalue weighted by Crippen LogP contribution is -2.35. The van der Waals surface area contributed by atoms with Gasteiger partial charge < -0.3 is 14.6 Å². The number of hydrogen-bond donors (Lipinski definition) is 1. The van der Waals surface area contributed by atoms with Crippen LogP contribution in [0.4, 0.5) is 5.00 Å². The van der Waals surface area contributed by atoms with Gasteiger partial charge in [0.15, 0.2) is 0 Å². The van der Waals surface area contributed by atoms with Crippen LogP contribution in [0.3, 0.4) is 0 Å². The van der Waals surface area contributed by atoms with E-state index in [1.54, 1.807) is 17.0 Å². The van der Waals surface area contributed by atoms with Gasteiger partial charge in [-0.05, 0) is 24.3 Å². The second-order valence-electron chi connectivity index (χ2n) is 6.21. The van der Waals surface area contributed by atoms with E-state index in [1.165, 1.54) is 19.2 Å². The molecule has 1 aromatic carbocycles. The number of H-pyrrole nitrogens is 1. The fraction of sp³-hybridized carbons (Fsp3) is 0.222. The Hall–Kier alpha value is -3.20. The van der Waals surface area contributed by atoms with Crippen LogP contribution in [0, 0.1) is 10.1 Å². The second-order valence-corrected chi connectivity index (χ2v) is 7.27. The van der Waals surface area contributed by atoms with Gasteiger partial charge in [0.1, 0.15) is 0 Å². The van der Waals surface area contributed by atoms with E-state index in [0.717, 1.165) is 33.5 Å². The number of aromatic nitrogens is 1. The number of benzene rings is 1. The number of aromatic amines is 1. The minimum absolute atomic E-state index is 0.0501. The summed E-state index contributed by atoms with van der Waals surface area (Å²) in [6.45, 7) is 0.901. The Morgan fingerprint density at radius 2 is 2.11 bits per heavy atom. The quantitative estimate of drug-likeness (QED) is 0.424. The van der Waals surface area contributed by atoms with Crippen molar-refractivity contribution in [3.63, 3.8) is 0 Å². The maximum Gasteiger partial charge on any atom is 0.337 e. The largest absolute Gasteiger partial charge is 0.465 e. The molecule has 4 rings (SSSR count). The first kappa shape index (κ1) is 17.2. The molecule has 0 saturated carbocycles. The molecule has 2 aromatic heterocycles. The van der Waals surface area contributed by atoms with E-state index in [4.69, 9.17) is 4.74 Å². The number of amides is 1. The molecule has 0 fully saturated rings. The minimum atomic E-state index is -0.496. The van der Waals surface area contributed by atoms with E-state index in [1.807, 2.05) is 6.07 Å². The summed E-state index contributed by atoms with van der Waals surface area (Å²) in [7, 11) is 1.33. The molecule has 0 radical (unpaired) electrons. The Bertz CT molecular complexity index is 1080. The third-order valence-corrected chi connectivity index (χ3v) is 5.69. The van der Waals surface area contributed by atoms with Crippen LogP contribution in [0.2, 0.25) is 0 Å². The molecule has 3 heterocycles. The Morgan fingerprint density at radius 1 is 1.30 bits per heavy atom. The van der Waals surface area contributed by atoms with Gasteiger partial charge in [-0.3, -0.25) is 14.9 Å². The highest BCUT2D eigenvalue weighted by molar-refractivity contribution is 7.17. The molecule has 3 aromatic rings. The topological polar surface area (TPSA) is 106 Å². The number of hydrogen-bond acceptors (Lipinski definition) is 6. The fourth-order valence-corrected chi connectivity index (χ4v) is 4.12. The molecule has 27 heavy (non-hydrogen) atoms. The monoisotopic (exact) mass is 385 g/mol. The Labute approximate surface area is 157 Å². The average Bonchev–Trinajstić information content (AvgIpc) is 3.31. The molecule has 0 spiro atoms. The summed E-state index contributed by atoms with van der Waals surface area (Å²) in [5.74, 6) is -0.640. The van der Waals surface area contributed by atoms with Crippen molar-refractivity contribution in [3.8, 4) is 0 Å². The number of rotatable bonds is 3. The van der Waals surface area contributed by atoms with Crippen molar-refractivity contribution in [1.29, 1.82) is 0 Å². The number of fused-ring (bicyclic) bond motifs is 3. The van der Waals surface area contributed by atoms with Crippen LogP contribution >= 0.6 is 11.3 Å². The number of thiophene rings is 1. The van der Waals surface area contributed by atoms with Crippen molar-refractivity contribution < 1.29 is 19.2 Å². The number of nitrogens with one attached hydrogen (secondary N) is 1. The van der Waals surface area contributed by atoms with Gasteiger partial charge in [-0.2, -0.15) is 0 Å². The molecule has 1 N–H and O–H groups in total. The number of nitrogens with zero attached hydrogens (tertiary/aromatic N) is 2. The Balaban J connectivity index is 1.65. The zero-order valence-corrected chi connectivity index (χ0v) is 15.2. The van der Waals surface area contributed by atoms with Gasteiger partial charge in [0.2, 0.25) is 0 Å². The standard InChI is InChI=1S/C18H15N3O5S/c1-26-18(23)10-2-3-13-11(8-10)12-9-20(7-6-14(12)19-13)17(22)15-4-5-16(27-15)21(24)25/h2-5,8,19H,6-7,9H2,1H3. The molecule has 1 aliphatic rings. The van der Waals surface area contributed by atoms with Crippen LogP contribution in [0.25, 0.3) is 10.9 Å². The van der Waals surface area contributed by atoms with Crippen molar-refractivity contribution in [1.82, 2.24) is 9.88 Å². The smallest absolute Gasteiger partial charge is 0.337 e. The summed E-state index contributed by atoms with van der Waals surface area (Å²) in [6, 6.07) is 8.13. The molecule has 8 nitrogen and oxygen atoms in total. The van der Waals surface area contributed by atoms with Crippen LogP contribution < -0.4 is 0 Å². The number of carbonyl (C=O) groups excluding carboxylic acids is 2. The number of ether oxygens (including phenoxy) is 1. The highest BCUT2D eigenvalue weighted by Crippen LogP contribution is 2.31. The summed E-state index contributed by atoms with van der Waals surface area (Å²) in [6.07, 6.45) is 0.650. The van der Waals surface area contributed by atoms with Crippen molar-refractivity contribution in [2.24, 2.45) is 0 Å². The average molecular weight is 385 g/mol. The van der Waals surface area contributed by atoms with Gasteiger partial charge in [0, 0.05) is 47.7 Å². The third-order valence-electron chi connectivity index (χ3n) is 4.67. The molecule has 1 aliphatic heterocycles. The number of nitro groups is 1. The van der Waals surface area contributed by atoms with Crippen molar-refractivity contribution in [2.75, 3.05) is 13.7 Å². The van der Waals surface area contributed by atoms with Crippen LogP contribution in [0.1, 0.15) is 31.3 Å². The number of carbonyl (C=O) groups is 2. The van der Waals surface area contributed by atoms with Gasteiger partial charge in [-0.15, -0.1) is 0 Å². The Morgan fingerprint density at radius 3 is 2.81 bits per heavy atom. The lowest BCUT2D eigenvalue weighted by molar-refractivity contribution is -0.380. The Kier molecular flexibility index (Phi) is 4.15. The van der Waals surface area contributed by atoms with Crippen LogP contribution in [-0.4, -0.2) is 40.3 Å². The fourth-order valence-electron chi connectivity index (χ4n) is 3.33. The van der Waals surface area contributed by atoms with Crippen LogP contribution in [0.5, 0.6) is 0 Å². The summed E-state index contributed by atoms with van der Waals surface area (Å²) >= 11 is 0.880. The first-order chi connectivity index (χ1) is 13.0. The van der Waals surface area contributed by atoms with Crippen molar-refractivity contribution in [2.45, 2.75) is 13.0 Å². The lowest BCUT2D eigenvalue weighted by Gasteiger charge is -2.26. The van der Waals surface area contributed by atoms with Gasteiger partial charge in [-0.1, -0.05) is 11.3 Å². The molecular formula is C18H15N3O5S. The zero-order valence-electron chi connectivity index (χ0n) is 14.4. The summed E-state index contributed by atoms with van der Waals surface area (Å²) < 4.78 is 4.78. The SMILES string of the molecule is COC(=O)c1ccc2[nH]c3c(c2c1)CN(C(=O)c1ccc([N+](=O)[O-])s1)CC3. The summed E-state index contributed by atoms with van der Waals surface area (Å²) in [4.78, 5) is 40.3. The van der Waals surface area contributed by atoms with Crippen molar-refractivity contribution >= 4 is 39.1 Å². The molecule has 138 valence electrons. The molecule has 0 unspecified atom stereocenters. The summed E-state index contributed by atoms with van der Waals surface area (Å²) in [5, 5.41) is 11.7. The third kappa shape index (κ3) is 2.95. The van der Waals surface area contributed by atoms with E-state index in [9.17, 15) is 19.7 Å². The van der Waals surface area contributed by atoms with Crippen LogP contribution in [-0.2, 0) is 17.7 Å². The maximum absolute atomic E-state index is 12.8. The maximum atomic E-state index is 12.8. The number of esters is 1. The van der Waals surface area contributed by atoms with E-state index >= 15 is 0 Å². The summed E-state index contributed by atoms with van der Waals surface area (Å²) in [5.41, 5.74) is 3.34. The first-order valence-corrected chi connectivity index (χ1v) is 9.05. The van der Waals surface area contributed by atoms with Crippen molar-refractivity contribution in [3.05, 3.63) is 62.1 Å². The molecule has 9 heteroatoms. The van der Waals surface area contributed by atoms with Crippen LogP contribution in [0.15, 0.2) is 30.3 Å². The molecular weight excluding hydrogens is 370 g/mol. The predicted molar refractivity (Wildman–Crippen MR) is 99.1 cm³/mol. The van der Waals surface area contributed by atoms with Gasteiger partial charge in [0.05, 0.1) is 22.5 Å². The normalized spacial score (nSPS) is 13.4. The van der Waals surface area contributed by atoms with E-state index in [2.05, 4.69) is 4.98 Å². The molecule has 1 amide bonds. The zero-order chi connectivity index (χ0) is 19.1. The van der Waals surface area contributed by atoms with Gasteiger partial charge in [0.25, 0.3) is 5.91 Å².